The largest absolute Gasteiger partial charge is 0.376 e. The summed E-state index contributed by atoms with van der Waals surface area (Å²) in [5.74, 6) is 0.484. The van der Waals surface area contributed by atoms with Crippen LogP contribution in [0.2, 0.25) is 0 Å². The van der Waals surface area contributed by atoms with Gasteiger partial charge in [-0.3, -0.25) is 0 Å². The monoisotopic (exact) mass is 256 g/mol. The first-order chi connectivity index (χ1) is 9.17. The van der Waals surface area contributed by atoms with Crippen LogP contribution in [-0.2, 0) is 4.74 Å². The van der Waals surface area contributed by atoms with Crippen LogP contribution in [0.15, 0.2) is 0 Å². The molecule has 5 nitrogen and oxygen atoms in total. The lowest BCUT2D eigenvalue weighted by Crippen LogP contribution is -2.20. The molecule has 1 saturated heterocycles. The van der Waals surface area contributed by atoms with Gasteiger partial charge in [0.2, 0.25) is 0 Å². The van der Waals surface area contributed by atoms with Crippen molar-refractivity contribution in [2.45, 2.75) is 32.8 Å². The third-order valence-corrected chi connectivity index (χ3v) is 3.43. The summed E-state index contributed by atoms with van der Waals surface area (Å²) in [5, 5.41) is 21.5. The normalized spacial score (nSPS) is 17.8. The zero-order valence-corrected chi connectivity index (χ0v) is 11.2. The fourth-order valence-corrected chi connectivity index (χ4v) is 2.19. The summed E-state index contributed by atoms with van der Waals surface area (Å²) in [4.78, 5) is 4.37. The predicted molar refractivity (Wildman–Crippen MR) is 70.6 cm³/mol. The molecule has 1 aromatic rings. The minimum Gasteiger partial charge on any atom is -0.376 e. The Morgan fingerprint density at radius 2 is 2.05 bits per heavy atom. The average molecular weight is 256 g/mol. The van der Waals surface area contributed by atoms with Gasteiger partial charge in [0.15, 0.2) is 0 Å². The summed E-state index contributed by atoms with van der Waals surface area (Å²) in [6.45, 7) is 5.07. The van der Waals surface area contributed by atoms with E-state index < -0.39 is 0 Å². The minimum atomic E-state index is 0.167. The van der Waals surface area contributed by atoms with Crippen LogP contribution in [-0.4, -0.2) is 24.2 Å². The van der Waals surface area contributed by atoms with Crippen LogP contribution in [0, 0.1) is 36.5 Å². The number of nitriles is 2. The fraction of sp³-hybridized carbons (Fsp3) is 0.500. The van der Waals surface area contributed by atoms with Crippen LogP contribution >= 0.6 is 0 Å². The van der Waals surface area contributed by atoms with Crippen molar-refractivity contribution >= 4 is 5.82 Å². The van der Waals surface area contributed by atoms with Gasteiger partial charge in [0.05, 0.1) is 11.7 Å². The van der Waals surface area contributed by atoms with E-state index in [1.165, 1.54) is 0 Å². The molecule has 1 aromatic heterocycles. The number of aromatic nitrogens is 1. The molecule has 0 amide bonds. The molecule has 0 unspecified atom stereocenters. The Hall–Kier alpha value is -2.11. The predicted octanol–water partition coefficient (Wildman–Crippen LogP) is 2.03. The van der Waals surface area contributed by atoms with E-state index in [2.05, 4.69) is 22.4 Å². The number of pyridine rings is 1. The molecule has 1 atom stereocenters. The summed E-state index contributed by atoms with van der Waals surface area (Å²) >= 11 is 0. The van der Waals surface area contributed by atoms with Gasteiger partial charge in [0, 0.05) is 18.8 Å². The Morgan fingerprint density at radius 1 is 1.32 bits per heavy atom. The van der Waals surface area contributed by atoms with Gasteiger partial charge < -0.3 is 10.1 Å². The van der Waals surface area contributed by atoms with E-state index in [-0.39, 0.29) is 6.10 Å². The quantitative estimate of drug-likeness (QED) is 0.894. The molecule has 0 spiro atoms. The number of aryl methyl sites for hydroxylation is 1. The van der Waals surface area contributed by atoms with E-state index in [9.17, 15) is 10.5 Å². The molecule has 1 N–H and O–H groups in total. The molecule has 19 heavy (non-hydrogen) atoms. The van der Waals surface area contributed by atoms with E-state index in [4.69, 9.17) is 4.74 Å². The number of ether oxygens (including phenoxy) is 1. The van der Waals surface area contributed by atoms with Crippen molar-refractivity contribution in [3.63, 3.8) is 0 Å². The zero-order valence-electron chi connectivity index (χ0n) is 11.2. The van der Waals surface area contributed by atoms with E-state index in [1.54, 1.807) is 0 Å². The second-order valence-electron chi connectivity index (χ2n) is 4.66. The van der Waals surface area contributed by atoms with Crippen molar-refractivity contribution in [2.75, 3.05) is 18.5 Å². The molecule has 1 fully saturated rings. The van der Waals surface area contributed by atoms with Crippen LogP contribution < -0.4 is 5.32 Å². The van der Waals surface area contributed by atoms with Crippen LogP contribution in [0.3, 0.4) is 0 Å². The first-order valence-corrected chi connectivity index (χ1v) is 6.34. The van der Waals surface area contributed by atoms with Crippen molar-refractivity contribution in [1.29, 1.82) is 10.5 Å². The molecule has 0 aromatic carbocycles. The van der Waals surface area contributed by atoms with Gasteiger partial charge in [-0.1, -0.05) is 0 Å². The van der Waals surface area contributed by atoms with Crippen LogP contribution in [0.25, 0.3) is 0 Å². The summed E-state index contributed by atoms with van der Waals surface area (Å²) in [6, 6.07) is 4.16. The lowest BCUT2D eigenvalue weighted by molar-refractivity contribution is 0.120. The van der Waals surface area contributed by atoms with Gasteiger partial charge >= 0.3 is 0 Å². The maximum atomic E-state index is 9.23. The summed E-state index contributed by atoms with van der Waals surface area (Å²) in [5.41, 5.74) is 2.26. The number of nitrogens with one attached hydrogen (secondary N) is 1. The van der Waals surface area contributed by atoms with Gasteiger partial charge in [0.25, 0.3) is 0 Å². The Morgan fingerprint density at radius 3 is 2.63 bits per heavy atom. The fourth-order valence-electron chi connectivity index (χ4n) is 2.19. The maximum Gasteiger partial charge on any atom is 0.145 e. The molecule has 2 rings (SSSR count). The number of anilines is 1. The molecule has 5 heteroatoms. The molecule has 98 valence electrons. The van der Waals surface area contributed by atoms with Gasteiger partial charge in [-0.05, 0) is 32.3 Å². The second kappa shape index (κ2) is 5.69. The van der Waals surface area contributed by atoms with Crippen LogP contribution in [0.5, 0.6) is 0 Å². The van der Waals surface area contributed by atoms with Crippen molar-refractivity contribution in [3.05, 3.63) is 22.4 Å². The van der Waals surface area contributed by atoms with Crippen molar-refractivity contribution in [1.82, 2.24) is 4.98 Å². The standard InChI is InChI=1S/C14H16N4O/c1-9-10(2)18-14(13(7-16)12(9)6-15)17-8-11-4-3-5-19-11/h11H,3-5,8H2,1-2H3,(H,17,18)/t11-/m0/s1. The number of hydrogen-bond donors (Lipinski definition) is 1. The number of nitrogens with zero attached hydrogens (tertiary/aromatic N) is 3. The average Bonchev–Trinajstić information content (AvgIpc) is 2.92. The van der Waals surface area contributed by atoms with Crippen LogP contribution in [0.1, 0.15) is 35.2 Å². The topological polar surface area (TPSA) is 81.7 Å². The van der Waals surface area contributed by atoms with Gasteiger partial charge in [-0.25, -0.2) is 4.98 Å². The first-order valence-electron chi connectivity index (χ1n) is 6.34. The molecule has 0 saturated carbocycles. The zero-order chi connectivity index (χ0) is 13.8. The van der Waals surface area contributed by atoms with Crippen molar-refractivity contribution in [3.8, 4) is 12.1 Å². The Kier molecular flexibility index (Phi) is 3.99. The Bertz CT molecular complexity index is 562. The summed E-state index contributed by atoms with van der Waals surface area (Å²) in [6.07, 6.45) is 2.26. The number of rotatable bonds is 3. The minimum absolute atomic E-state index is 0.167. The molecule has 0 radical (unpaired) electrons. The lowest BCUT2D eigenvalue weighted by Gasteiger charge is -2.14. The van der Waals surface area contributed by atoms with Gasteiger partial charge in [-0.15, -0.1) is 0 Å². The molecule has 0 aliphatic carbocycles. The van der Waals surface area contributed by atoms with Gasteiger partial charge in [-0.2, -0.15) is 10.5 Å². The van der Waals surface area contributed by atoms with Gasteiger partial charge in [0.1, 0.15) is 23.5 Å². The molecule has 2 heterocycles. The third kappa shape index (κ3) is 2.67. The second-order valence-corrected chi connectivity index (χ2v) is 4.66. The molecule has 1 aliphatic heterocycles. The van der Waals surface area contributed by atoms with E-state index in [1.807, 2.05) is 13.8 Å². The molecule has 1 aliphatic rings. The number of hydrogen-bond acceptors (Lipinski definition) is 5. The lowest BCUT2D eigenvalue weighted by atomic mass is 10.0. The summed E-state index contributed by atoms with van der Waals surface area (Å²) < 4.78 is 5.52. The summed E-state index contributed by atoms with van der Waals surface area (Å²) in [7, 11) is 0. The molecular weight excluding hydrogens is 240 g/mol. The Labute approximate surface area is 112 Å². The maximum absolute atomic E-state index is 9.23. The molecular formula is C14H16N4O. The SMILES string of the molecule is Cc1nc(NC[C@@H]2CCCO2)c(C#N)c(C#N)c1C. The van der Waals surface area contributed by atoms with E-state index in [0.717, 1.165) is 30.7 Å². The first kappa shape index (κ1) is 13.3. The smallest absolute Gasteiger partial charge is 0.145 e. The molecule has 0 bridgehead atoms. The van der Waals surface area contributed by atoms with Crippen molar-refractivity contribution in [2.24, 2.45) is 0 Å². The highest BCUT2D eigenvalue weighted by atomic mass is 16.5. The highest BCUT2D eigenvalue weighted by Crippen LogP contribution is 2.23. The van der Waals surface area contributed by atoms with Crippen LogP contribution in [0.4, 0.5) is 5.82 Å². The van der Waals surface area contributed by atoms with E-state index in [0.29, 0.717) is 23.5 Å². The third-order valence-electron chi connectivity index (χ3n) is 3.43. The highest BCUT2D eigenvalue weighted by molar-refractivity contribution is 5.63. The van der Waals surface area contributed by atoms with E-state index >= 15 is 0 Å². The Balaban J connectivity index is 2.27. The van der Waals surface area contributed by atoms with Crippen molar-refractivity contribution < 1.29 is 4.74 Å². The highest BCUT2D eigenvalue weighted by Gasteiger charge is 2.18.